The summed E-state index contributed by atoms with van der Waals surface area (Å²) in [5, 5.41) is 0.685. The molecule has 1 heterocycles. The number of halogens is 1. The van der Waals surface area contributed by atoms with E-state index in [2.05, 4.69) is 0 Å². The molecule has 0 N–H and O–H groups in total. The van der Waals surface area contributed by atoms with E-state index in [4.69, 9.17) is 16.3 Å². The summed E-state index contributed by atoms with van der Waals surface area (Å²) >= 11 is 6.10. The largest absolute Gasteiger partial charge is 0.444 e. The first-order valence-corrected chi connectivity index (χ1v) is 10.1. The number of nitrogens with zero attached hydrogens (tertiary/aromatic N) is 2. The molecule has 1 atom stereocenters. The Kier molecular flexibility index (Phi) is 5.99. The van der Waals surface area contributed by atoms with Gasteiger partial charge in [-0.2, -0.15) is 0 Å². The van der Waals surface area contributed by atoms with E-state index in [-0.39, 0.29) is 17.9 Å². The third kappa shape index (κ3) is 5.61. The second-order valence-electron chi connectivity index (χ2n) is 8.59. The highest BCUT2D eigenvalue weighted by molar-refractivity contribution is 6.30. The van der Waals surface area contributed by atoms with Crippen molar-refractivity contribution in [1.82, 2.24) is 9.80 Å². The minimum atomic E-state index is -0.527. The Hall–Kier alpha value is -1.75. The number of ether oxygens (including phenoxy) is 1. The van der Waals surface area contributed by atoms with Gasteiger partial charge in [-0.3, -0.25) is 4.79 Å². The standard InChI is InChI=1S/C21H29ClN2O3/c1-21(2,3)27-20(26)23-11-5-7-16(14-23)19(25)24(18-9-10-18)13-15-6-4-8-17(22)12-15/h4,6,8,12,16,18H,5,7,9-11,13-14H2,1-3H3/t16-/m0/s1. The van der Waals surface area contributed by atoms with Crippen LogP contribution in [0.2, 0.25) is 5.02 Å². The molecule has 0 spiro atoms. The predicted molar refractivity (Wildman–Crippen MR) is 106 cm³/mol. The Balaban J connectivity index is 1.66. The minimum Gasteiger partial charge on any atom is -0.444 e. The molecule has 1 aromatic rings. The van der Waals surface area contributed by atoms with Crippen LogP contribution in [0.4, 0.5) is 4.79 Å². The second-order valence-corrected chi connectivity index (χ2v) is 9.03. The zero-order valence-electron chi connectivity index (χ0n) is 16.4. The molecule has 0 radical (unpaired) electrons. The number of hydrogen-bond acceptors (Lipinski definition) is 3. The van der Waals surface area contributed by atoms with E-state index in [1.54, 1.807) is 4.90 Å². The molecule has 148 valence electrons. The van der Waals surface area contributed by atoms with E-state index in [0.29, 0.717) is 30.7 Å². The zero-order valence-corrected chi connectivity index (χ0v) is 17.2. The van der Waals surface area contributed by atoms with Crippen molar-refractivity contribution in [1.29, 1.82) is 0 Å². The van der Waals surface area contributed by atoms with Crippen LogP contribution in [-0.4, -0.2) is 46.5 Å². The van der Waals surface area contributed by atoms with Gasteiger partial charge in [0.1, 0.15) is 5.60 Å². The predicted octanol–water partition coefficient (Wildman–Crippen LogP) is 4.48. The quantitative estimate of drug-likeness (QED) is 0.759. The summed E-state index contributed by atoms with van der Waals surface area (Å²) in [6.07, 6.45) is 3.42. The number of rotatable bonds is 4. The van der Waals surface area contributed by atoms with Crippen molar-refractivity contribution in [3.8, 4) is 0 Å². The van der Waals surface area contributed by atoms with Crippen LogP contribution >= 0.6 is 11.6 Å². The molecule has 6 heteroatoms. The maximum atomic E-state index is 13.2. The first kappa shape index (κ1) is 20.0. The molecule has 1 aromatic carbocycles. The van der Waals surface area contributed by atoms with Crippen molar-refractivity contribution in [3.05, 3.63) is 34.9 Å². The SMILES string of the molecule is CC(C)(C)OC(=O)N1CCC[C@H](C(=O)N(Cc2cccc(Cl)c2)C2CC2)C1. The Morgan fingerprint density at radius 2 is 2.00 bits per heavy atom. The van der Waals surface area contributed by atoms with Crippen LogP contribution in [0, 0.1) is 5.92 Å². The summed E-state index contributed by atoms with van der Waals surface area (Å²) in [5.74, 6) is -0.0169. The fourth-order valence-electron chi connectivity index (χ4n) is 3.51. The third-order valence-corrected chi connectivity index (χ3v) is 5.17. The van der Waals surface area contributed by atoms with Gasteiger partial charge in [0.25, 0.3) is 0 Å². The van der Waals surface area contributed by atoms with Crippen molar-refractivity contribution < 1.29 is 14.3 Å². The average molecular weight is 393 g/mol. The summed E-state index contributed by atoms with van der Waals surface area (Å²) in [6, 6.07) is 7.99. The molecule has 2 fully saturated rings. The Morgan fingerprint density at radius 3 is 2.63 bits per heavy atom. The van der Waals surface area contributed by atoms with Gasteiger partial charge in [-0.05, 0) is 64.2 Å². The van der Waals surface area contributed by atoms with Gasteiger partial charge < -0.3 is 14.5 Å². The summed E-state index contributed by atoms with van der Waals surface area (Å²) in [7, 11) is 0. The molecule has 0 unspecified atom stereocenters. The Labute approximate surface area is 166 Å². The van der Waals surface area contributed by atoms with Crippen molar-refractivity contribution in [2.45, 2.75) is 64.6 Å². The third-order valence-electron chi connectivity index (χ3n) is 4.93. The van der Waals surface area contributed by atoms with Gasteiger partial charge in [-0.25, -0.2) is 4.79 Å². The molecule has 1 saturated carbocycles. The highest BCUT2D eigenvalue weighted by Crippen LogP contribution is 2.32. The number of amides is 2. The number of hydrogen-bond donors (Lipinski definition) is 0. The average Bonchev–Trinajstić information content (AvgIpc) is 3.43. The lowest BCUT2D eigenvalue weighted by atomic mass is 9.96. The van der Waals surface area contributed by atoms with E-state index in [1.807, 2.05) is 49.9 Å². The first-order chi connectivity index (χ1) is 12.7. The van der Waals surface area contributed by atoms with E-state index in [1.165, 1.54) is 0 Å². The Morgan fingerprint density at radius 1 is 1.26 bits per heavy atom. The molecule has 5 nitrogen and oxygen atoms in total. The van der Waals surface area contributed by atoms with Crippen LogP contribution in [0.1, 0.15) is 52.0 Å². The molecule has 2 aliphatic rings. The molecule has 0 bridgehead atoms. The van der Waals surface area contributed by atoms with Crippen molar-refractivity contribution in [3.63, 3.8) is 0 Å². The van der Waals surface area contributed by atoms with Gasteiger partial charge in [-0.1, -0.05) is 23.7 Å². The number of piperidine rings is 1. The van der Waals surface area contributed by atoms with Crippen LogP contribution in [0.25, 0.3) is 0 Å². The molecule has 0 aromatic heterocycles. The van der Waals surface area contributed by atoms with Gasteiger partial charge in [0.15, 0.2) is 0 Å². The van der Waals surface area contributed by atoms with E-state index in [0.717, 1.165) is 31.2 Å². The first-order valence-electron chi connectivity index (χ1n) is 9.76. The molecular weight excluding hydrogens is 364 g/mol. The Bertz CT molecular complexity index is 697. The molecule has 27 heavy (non-hydrogen) atoms. The molecular formula is C21H29ClN2O3. The minimum absolute atomic E-state index is 0.144. The molecule has 2 amide bonds. The topological polar surface area (TPSA) is 49.9 Å². The van der Waals surface area contributed by atoms with Crippen LogP contribution in [-0.2, 0) is 16.1 Å². The number of likely N-dealkylation sites (tertiary alicyclic amines) is 1. The van der Waals surface area contributed by atoms with E-state index < -0.39 is 5.60 Å². The highest BCUT2D eigenvalue weighted by Gasteiger charge is 2.38. The smallest absolute Gasteiger partial charge is 0.410 e. The normalized spacial score (nSPS) is 20.3. The van der Waals surface area contributed by atoms with Crippen LogP contribution in [0.15, 0.2) is 24.3 Å². The second kappa shape index (κ2) is 8.09. The van der Waals surface area contributed by atoms with Crippen LogP contribution in [0.5, 0.6) is 0 Å². The van der Waals surface area contributed by atoms with Gasteiger partial charge in [0.05, 0.1) is 5.92 Å². The zero-order chi connectivity index (χ0) is 19.6. The van der Waals surface area contributed by atoms with Gasteiger partial charge >= 0.3 is 6.09 Å². The van der Waals surface area contributed by atoms with Crippen LogP contribution < -0.4 is 0 Å². The fourth-order valence-corrected chi connectivity index (χ4v) is 3.72. The summed E-state index contributed by atoms with van der Waals surface area (Å²) < 4.78 is 5.48. The number of carbonyl (C=O) groups excluding carboxylic acids is 2. The maximum Gasteiger partial charge on any atom is 0.410 e. The number of carbonyl (C=O) groups is 2. The highest BCUT2D eigenvalue weighted by atomic mass is 35.5. The molecule has 1 aliphatic carbocycles. The fraction of sp³-hybridized carbons (Fsp3) is 0.619. The van der Waals surface area contributed by atoms with E-state index in [9.17, 15) is 9.59 Å². The monoisotopic (exact) mass is 392 g/mol. The summed E-state index contributed by atoms with van der Waals surface area (Å²) in [6.45, 7) is 7.24. The molecule has 1 saturated heterocycles. The molecule has 3 rings (SSSR count). The summed E-state index contributed by atoms with van der Waals surface area (Å²) in [4.78, 5) is 29.3. The van der Waals surface area contributed by atoms with E-state index >= 15 is 0 Å². The maximum absolute atomic E-state index is 13.2. The van der Waals surface area contributed by atoms with Gasteiger partial charge in [0.2, 0.25) is 5.91 Å². The lowest BCUT2D eigenvalue weighted by molar-refractivity contribution is -0.138. The van der Waals surface area contributed by atoms with Crippen molar-refractivity contribution in [2.75, 3.05) is 13.1 Å². The van der Waals surface area contributed by atoms with Crippen molar-refractivity contribution >= 4 is 23.6 Å². The summed E-state index contributed by atoms with van der Waals surface area (Å²) in [5.41, 5.74) is 0.517. The lowest BCUT2D eigenvalue weighted by Crippen LogP contribution is -2.48. The van der Waals surface area contributed by atoms with Crippen molar-refractivity contribution in [2.24, 2.45) is 5.92 Å². The number of benzene rings is 1. The lowest BCUT2D eigenvalue weighted by Gasteiger charge is -2.36. The van der Waals surface area contributed by atoms with Gasteiger partial charge in [-0.15, -0.1) is 0 Å². The van der Waals surface area contributed by atoms with Crippen LogP contribution in [0.3, 0.4) is 0 Å². The van der Waals surface area contributed by atoms with Gasteiger partial charge in [0, 0.05) is 30.7 Å². The molecule has 1 aliphatic heterocycles.